The lowest BCUT2D eigenvalue weighted by Crippen LogP contribution is -2.08. The highest BCUT2D eigenvalue weighted by Gasteiger charge is 2.11. The molecule has 5 rings (SSSR count). The van der Waals surface area contributed by atoms with Crippen LogP contribution in [0, 0.1) is 0 Å². The summed E-state index contributed by atoms with van der Waals surface area (Å²) in [5, 5.41) is 0. The van der Waals surface area contributed by atoms with E-state index in [2.05, 4.69) is 23.8 Å². The molecule has 70 heavy (non-hydrogen) atoms. The van der Waals surface area contributed by atoms with Crippen molar-refractivity contribution in [3.8, 4) is 23.0 Å². The zero-order valence-corrected chi connectivity index (χ0v) is 42.4. The van der Waals surface area contributed by atoms with Crippen molar-refractivity contribution >= 4 is 35.7 Å². The maximum atomic E-state index is 12.8. The van der Waals surface area contributed by atoms with Crippen LogP contribution in [0.25, 0.3) is 0 Å². The van der Waals surface area contributed by atoms with Crippen molar-refractivity contribution in [1.29, 1.82) is 0 Å². The van der Waals surface area contributed by atoms with Gasteiger partial charge in [-0.25, -0.2) is 9.59 Å². The lowest BCUT2D eigenvalue weighted by molar-refractivity contribution is 0.0725. The number of rotatable bonds is 36. The van der Waals surface area contributed by atoms with Gasteiger partial charge >= 0.3 is 11.9 Å². The van der Waals surface area contributed by atoms with Gasteiger partial charge in [0.15, 0.2) is 0 Å². The van der Waals surface area contributed by atoms with Crippen molar-refractivity contribution in [2.75, 3.05) is 13.2 Å². The molecule has 0 N–H and O–H groups in total. The Balaban J connectivity index is 0.923. The van der Waals surface area contributed by atoms with Crippen LogP contribution in [0.3, 0.4) is 0 Å². The second kappa shape index (κ2) is 34.3. The Morgan fingerprint density at radius 1 is 0.343 bits per heavy atom. The van der Waals surface area contributed by atoms with E-state index in [1.54, 1.807) is 61.0 Å². The van der Waals surface area contributed by atoms with E-state index in [0.717, 1.165) is 46.8 Å². The fraction of sp³-hybridized carbons (Fsp3) is 0.452. The Hall–Kier alpha value is -6.02. The molecule has 8 nitrogen and oxygen atoms in total. The Morgan fingerprint density at radius 3 is 0.914 bits per heavy atom. The quantitative estimate of drug-likeness (QED) is 0.0172. The van der Waals surface area contributed by atoms with E-state index in [-0.39, 0.29) is 0 Å². The van der Waals surface area contributed by atoms with E-state index in [0.29, 0.717) is 35.8 Å². The van der Waals surface area contributed by atoms with E-state index in [9.17, 15) is 9.59 Å². The first-order valence-corrected chi connectivity index (χ1v) is 26.8. The van der Waals surface area contributed by atoms with Gasteiger partial charge in [-0.2, -0.15) is 0 Å². The Kier molecular flexibility index (Phi) is 26.9. The van der Waals surface area contributed by atoms with Crippen molar-refractivity contribution in [2.45, 2.75) is 168 Å². The molecule has 5 aromatic carbocycles. The maximum absolute atomic E-state index is 12.8. The average Bonchev–Trinajstić information content (AvgIpc) is 3.39. The number of ether oxygens (including phenoxy) is 4. The third-order valence-corrected chi connectivity index (χ3v) is 12.5. The summed E-state index contributed by atoms with van der Waals surface area (Å²) in [7, 11) is 0. The number of aliphatic imine (C=N–C) groups is 2. The first-order valence-electron chi connectivity index (χ1n) is 26.8. The van der Waals surface area contributed by atoms with Crippen molar-refractivity contribution in [3.63, 3.8) is 0 Å². The molecule has 0 radical (unpaired) electrons. The van der Waals surface area contributed by atoms with E-state index in [1.807, 2.05) is 72.8 Å². The lowest BCUT2D eigenvalue weighted by Gasteiger charge is -2.08. The predicted molar refractivity (Wildman–Crippen MR) is 290 cm³/mol. The second-order valence-electron chi connectivity index (χ2n) is 18.5. The third-order valence-electron chi connectivity index (χ3n) is 12.5. The van der Waals surface area contributed by atoms with E-state index >= 15 is 0 Å². The minimum absolute atomic E-state index is 0.423. The standard InChI is InChI=1S/C62H80N2O6/c1-3-5-7-9-11-13-15-17-19-21-23-25-47-67-57-39-31-53(32-40-57)61(65)69-59-43-35-55(36-44-59)63-49-51-27-29-52(30-28-51)50-64-56-37-45-60(46-38-56)70-62(66)54-33-41-58(42-34-54)68-48-26-24-22-20-18-16-14-12-10-8-6-4-2/h27-46,49-50H,3-26,47-48H2,1-2H3. The first-order chi connectivity index (χ1) is 34.5. The number of nitrogens with zero attached hydrogens (tertiary/aromatic N) is 2. The molecular weight excluding hydrogens is 869 g/mol. The highest BCUT2D eigenvalue weighted by molar-refractivity contribution is 5.92. The molecule has 0 aliphatic rings. The van der Waals surface area contributed by atoms with E-state index in [1.165, 1.54) is 141 Å². The molecule has 0 saturated heterocycles. The number of benzene rings is 5. The molecule has 374 valence electrons. The van der Waals surface area contributed by atoms with E-state index < -0.39 is 11.9 Å². The molecule has 0 fully saturated rings. The molecule has 0 bridgehead atoms. The van der Waals surface area contributed by atoms with Crippen molar-refractivity contribution in [2.24, 2.45) is 9.98 Å². The van der Waals surface area contributed by atoms with Gasteiger partial charge in [0.1, 0.15) is 23.0 Å². The zero-order valence-electron chi connectivity index (χ0n) is 42.4. The Labute approximate surface area is 420 Å². The summed E-state index contributed by atoms with van der Waals surface area (Å²) in [4.78, 5) is 34.8. The molecule has 8 heteroatoms. The normalized spacial score (nSPS) is 11.3. The van der Waals surface area contributed by atoms with Gasteiger partial charge in [-0.05, 0) is 121 Å². The number of hydrogen-bond donors (Lipinski definition) is 0. The Bertz CT molecular complexity index is 2060. The smallest absolute Gasteiger partial charge is 0.343 e. The maximum Gasteiger partial charge on any atom is 0.343 e. The third kappa shape index (κ3) is 23.1. The highest BCUT2D eigenvalue weighted by atomic mass is 16.5. The van der Waals surface area contributed by atoms with Gasteiger partial charge in [-0.1, -0.05) is 179 Å². The topological polar surface area (TPSA) is 95.8 Å². The average molecular weight is 949 g/mol. The summed E-state index contributed by atoms with van der Waals surface area (Å²) in [5.41, 5.74) is 4.25. The van der Waals surface area contributed by atoms with Crippen LogP contribution in [-0.2, 0) is 0 Å². The number of unbranched alkanes of at least 4 members (excludes halogenated alkanes) is 22. The Morgan fingerprint density at radius 2 is 0.614 bits per heavy atom. The second-order valence-corrected chi connectivity index (χ2v) is 18.5. The molecule has 5 aromatic rings. The largest absolute Gasteiger partial charge is 0.494 e. The van der Waals surface area contributed by atoms with Crippen LogP contribution >= 0.6 is 0 Å². The molecule has 0 spiro atoms. The zero-order chi connectivity index (χ0) is 49.1. The molecule has 0 amide bonds. The summed E-state index contributed by atoms with van der Waals surface area (Å²) in [5.74, 6) is 1.57. The highest BCUT2D eigenvalue weighted by Crippen LogP contribution is 2.23. The van der Waals surface area contributed by atoms with E-state index in [4.69, 9.17) is 18.9 Å². The minimum Gasteiger partial charge on any atom is -0.494 e. The van der Waals surface area contributed by atoms with Crippen molar-refractivity contribution in [1.82, 2.24) is 0 Å². The summed E-state index contributed by atoms with van der Waals surface area (Å²) in [6, 6.07) is 36.3. The van der Waals surface area contributed by atoms with Crippen LogP contribution in [0.2, 0.25) is 0 Å². The van der Waals surface area contributed by atoms with Crippen molar-refractivity contribution in [3.05, 3.63) is 144 Å². The molecule has 0 atom stereocenters. The van der Waals surface area contributed by atoms with Gasteiger partial charge in [0.2, 0.25) is 0 Å². The van der Waals surface area contributed by atoms with Gasteiger partial charge < -0.3 is 18.9 Å². The van der Waals surface area contributed by atoms with Crippen molar-refractivity contribution < 1.29 is 28.5 Å². The number of hydrogen-bond acceptors (Lipinski definition) is 8. The number of esters is 2. The molecule has 0 aliphatic heterocycles. The predicted octanol–water partition coefficient (Wildman–Crippen LogP) is 17.8. The fourth-order valence-corrected chi connectivity index (χ4v) is 8.14. The number of carbonyl (C=O) groups excluding carboxylic acids is 2. The molecule has 0 saturated carbocycles. The van der Waals surface area contributed by atoms with Crippen LogP contribution in [0.1, 0.15) is 200 Å². The molecular formula is C62H80N2O6. The van der Waals surface area contributed by atoms with Crippen LogP contribution in [0.15, 0.2) is 131 Å². The molecule has 0 unspecified atom stereocenters. The molecule has 0 aromatic heterocycles. The van der Waals surface area contributed by atoms with Gasteiger partial charge in [0.25, 0.3) is 0 Å². The number of carbonyl (C=O) groups is 2. The van der Waals surface area contributed by atoms with Crippen LogP contribution in [0.5, 0.6) is 23.0 Å². The molecule has 0 heterocycles. The van der Waals surface area contributed by atoms with Gasteiger partial charge in [-0.15, -0.1) is 0 Å². The summed E-state index contributed by atoms with van der Waals surface area (Å²) < 4.78 is 23.0. The molecule has 0 aliphatic carbocycles. The van der Waals surface area contributed by atoms with Gasteiger partial charge in [-0.3, -0.25) is 9.98 Å². The van der Waals surface area contributed by atoms with Crippen LogP contribution in [-0.4, -0.2) is 37.6 Å². The first kappa shape index (κ1) is 54.9. The summed E-state index contributed by atoms with van der Waals surface area (Å²) in [6.07, 6.45) is 35.1. The van der Waals surface area contributed by atoms with Gasteiger partial charge in [0, 0.05) is 12.4 Å². The SMILES string of the molecule is CCCCCCCCCCCCCCOc1ccc(C(=O)Oc2ccc(N=Cc3ccc(C=Nc4ccc(OC(=O)c5ccc(OCCCCCCCCCCCCCC)cc5)cc4)cc3)cc2)cc1. The summed E-state index contributed by atoms with van der Waals surface area (Å²) in [6.45, 7) is 5.90. The van der Waals surface area contributed by atoms with Crippen LogP contribution < -0.4 is 18.9 Å². The summed E-state index contributed by atoms with van der Waals surface area (Å²) >= 11 is 0. The minimum atomic E-state index is -0.423. The fourth-order valence-electron chi connectivity index (χ4n) is 8.14. The monoisotopic (exact) mass is 949 g/mol. The lowest BCUT2D eigenvalue weighted by atomic mass is 10.1. The van der Waals surface area contributed by atoms with Gasteiger partial charge in [0.05, 0.1) is 35.7 Å². The van der Waals surface area contributed by atoms with Crippen LogP contribution in [0.4, 0.5) is 11.4 Å².